The molecule has 0 radical (unpaired) electrons. The topological polar surface area (TPSA) is 0 Å². The Morgan fingerprint density at radius 2 is 0.505 bits per heavy atom. The Morgan fingerprint density at radius 3 is 0.684 bits per heavy atom. The van der Waals surface area contributed by atoms with E-state index in [0.717, 1.165) is 0 Å². The standard InChI is InChI=1S/2C41H48S2Si3.2ClH.Zr/c2*1-28-26-38-34(30-18-22-32(23-19-30)42-45(4,5)6)14-10-12-16-36(38)40(28)44(3)41-29(2)27-39-35(15-11-13-17-37(39)41)31-20-24-33(25-21-31)43-46(7,8)9;;;/h2*10-27,34-35,44H,1-9H3;2*1H;/q;;;;+2/p-2. The third-order valence-corrected chi connectivity index (χ3v) is 123. The average molecular weight is 1540 g/mol. The van der Waals surface area contributed by atoms with Crippen molar-refractivity contribution in [2.24, 2.45) is 0 Å². The number of halogens is 2. The van der Waals surface area contributed by atoms with Gasteiger partial charge in [-0.15, -0.1) is 0 Å². The van der Waals surface area contributed by atoms with Crippen molar-refractivity contribution < 1.29 is 14.9 Å². The van der Waals surface area contributed by atoms with Gasteiger partial charge in [0.25, 0.3) is 0 Å². The summed E-state index contributed by atoms with van der Waals surface area (Å²) >= 11 is 0.712. The van der Waals surface area contributed by atoms with Gasteiger partial charge >= 0.3 is 605 Å². The molecule has 2 aliphatic heterocycles. The van der Waals surface area contributed by atoms with Crippen molar-refractivity contribution in [2.75, 3.05) is 0 Å². The second-order valence-electron chi connectivity index (χ2n) is 33.1. The number of benzene rings is 4. The Bertz CT molecular complexity index is 3940. The summed E-state index contributed by atoms with van der Waals surface area (Å²) < 4.78 is -2.74. The van der Waals surface area contributed by atoms with E-state index in [0.29, 0.717) is 0 Å². The summed E-state index contributed by atoms with van der Waals surface area (Å²) in [5.41, 5.74) is 22.1. The minimum atomic E-state index is -7.60. The third kappa shape index (κ3) is 9.10. The van der Waals surface area contributed by atoms with Crippen LogP contribution in [-0.4, -0.2) is 46.5 Å². The van der Waals surface area contributed by atoms with Crippen molar-refractivity contribution >= 4 is 108 Å². The van der Waals surface area contributed by atoms with Gasteiger partial charge in [-0.1, -0.05) is 0 Å². The molecular weight excluding hydrogens is 1440 g/mol. The van der Waals surface area contributed by atoms with Crippen LogP contribution in [0.2, 0.25) is 103 Å². The van der Waals surface area contributed by atoms with Gasteiger partial charge in [0.2, 0.25) is 0 Å². The van der Waals surface area contributed by atoms with Crippen LogP contribution in [0.4, 0.5) is 0 Å². The van der Waals surface area contributed by atoms with Crippen molar-refractivity contribution in [2.45, 2.75) is 174 Å². The van der Waals surface area contributed by atoms with Gasteiger partial charge in [0.05, 0.1) is 0 Å². The first-order chi connectivity index (χ1) is 44.7. The Balaban J connectivity index is 1.13. The van der Waals surface area contributed by atoms with Gasteiger partial charge < -0.3 is 0 Å². The fourth-order valence-electron chi connectivity index (χ4n) is 22.3. The SMILES string of the molecule is CC1=CC2=C(C=CC=CC2c2ccc(S[Si](C)(C)C)cc2)[C]12[SiH](C)[C]1(C(C)=CC3=C1C=CC=CC3c1ccc(S[Si](C)(C)C)cc1)[Zr]21([Cl])([Cl])[C]2(C(C)=CC3=C2C=CC=CC3c2ccc(S[Si](C)(C)C)cc2)[SiH](C)[C]12C(C)=CC1=C2C=CC=CC1c1ccc(S[Si](C)(C)C)cc1. The van der Waals surface area contributed by atoms with Crippen LogP contribution in [0.15, 0.2) is 305 Å². The van der Waals surface area contributed by atoms with Crippen LogP contribution in [0, 0.1) is 0 Å². The number of fused-ring (bicyclic) bond motifs is 8. The number of rotatable bonds is 12. The molecule has 0 saturated carbocycles. The molecule has 8 atom stereocenters. The zero-order valence-corrected chi connectivity index (χ0v) is 72.7. The molecule has 4 aromatic carbocycles. The van der Waals surface area contributed by atoms with Crippen LogP contribution in [0.25, 0.3) is 0 Å². The molecule has 5 spiro atoms. The number of hydrogen-bond acceptors (Lipinski definition) is 4. The molecule has 2 saturated heterocycles. The molecule has 8 unspecified atom stereocenters. The Kier molecular flexibility index (Phi) is 16.9. The first-order valence-corrected chi connectivity index (χ1v) is 70.7. The monoisotopic (exact) mass is 1540 g/mol. The van der Waals surface area contributed by atoms with Gasteiger partial charge in [-0.3, -0.25) is 0 Å². The molecule has 0 N–H and O–H groups in total. The predicted octanol–water partition coefficient (Wildman–Crippen LogP) is 26.4. The summed E-state index contributed by atoms with van der Waals surface area (Å²) in [5, 5.41) is 0. The molecule has 14 rings (SSSR count). The van der Waals surface area contributed by atoms with Crippen LogP contribution >= 0.6 is 61.9 Å². The van der Waals surface area contributed by atoms with Crippen LogP contribution in [-0.2, 0) is 14.9 Å². The van der Waals surface area contributed by atoms with E-state index in [1.54, 1.807) is 0 Å². The fourth-order valence-corrected chi connectivity index (χ4v) is 160. The second kappa shape index (κ2) is 23.2. The first kappa shape index (κ1) is 69.0. The normalized spacial score (nSPS) is 31.9. The number of hydrogen-bond donors (Lipinski definition) is 0. The van der Waals surface area contributed by atoms with E-state index in [9.17, 15) is 17.0 Å². The van der Waals surface area contributed by atoms with Crippen LogP contribution in [0.5, 0.6) is 0 Å². The second-order valence-corrected chi connectivity index (χ2v) is 110. The zero-order valence-electron chi connectivity index (χ0n) is 59.1. The maximum absolute atomic E-state index is 11.5. The van der Waals surface area contributed by atoms with Crippen LogP contribution in [0.3, 0.4) is 0 Å². The van der Waals surface area contributed by atoms with Crippen LogP contribution < -0.4 is 0 Å². The molecule has 10 aliphatic rings. The van der Waals surface area contributed by atoms with Crippen molar-refractivity contribution in [1.82, 2.24) is 0 Å². The van der Waals surface area contributed by atoms with Crippen molar-refractivity contribution in [3.63, 3.8) is 0 Å². The molecular formula is C82H96Cl2S4Si6Zr. The molecule has 95 heavy (non-hydrogen) atoms. The maximum atomic E-state index is 11.5. The van der Waals surface area contributed by atoms with E-state index in [2.05, 4.69) is 383 Å². The van der Waals surface area contributed by atoms with Gasteiger partial charge in [0, 0.05) is 0 Å². The molecule has 2 heterocycles. The summed E-state index contributed by atoms with van der Waals surface area (Å²) in [6.45, 7) is 45.2. The van der Waals surface area contributed by atoms with Gasteiger partial charge in [-0.25, -0.2) is 0 Å². The summed E-state index contributed by atoms with van der Waals surface area (Å²) in [5.74, 6) is -0.00914. The van der Waals surface area contributed by atoms with Crippen LogP contribution in [0.1, 0.15) is 73.6 Å². The molecule has 0 amide bonds. The molecule has 0 nitrogen and oxygen atoms in total. The first-order valence-electron chi connectivity index (χ1n) is 34.7. The average Bonchev–Trinajstić information content (AvgIpc) is 1.53. The Morgan fingerprint density at radius 1 is 0.316 bits per heavy atom. The number of allylic oxidation sites excluding steroid dienone is 32. The van der Waals surface area contributed by atoms with E-state index in [1.807, 2.05) is 0 Å². The van der Waals surface area contributed by atoms with Crippen molar-refractivity contribution in [3.05, 3.63) is 308 Å². The van der Waals surface area contributed by atoms with Gasteiger partial charge in [-0.05, 0) is 0 Å². The van der Waals surface area contributed by atoms with E-state index in [-0.39, 0.29) is 23.7 Å². The summed E-state index contributed by atoms with van der Waals surface area (Å²) in [6.07, 6.45) is 50.1. The molecule has 490 valence electrons. The predicted molar refractivity (Wildman–Crippen MR) is 438 cm³/mol. The van der Waals surface area contributed by atoms with Crippen molar-refractivity contribution in [3.8, 4) is 0 Å². The Labute approximate surface area is 598 Å². The quantitative estimate of drug-likeness (QED) is 0.130. The molecule has 13 heteroatoms. The summed E-state index contributed by atoms with van der Waals surface area (Å²) in [4.78, 5) is 5.43. The van der Waals surface area contributed by atoms with E-state index in [1.165, 1.54) is 109 Å². The minimum absolute atomic E-state index is 0.00228. The van der Waals surface area contributed by atoms with E-state index < -0.39 is 72.4 Å². The van der Waals surface area contributed by atoms with Gasteiger partial charge in [0.15, 0.2) is 0 Å². The zero-order chi connectivity index (χ0) is 67.7. The molecule has 0 aromatic heterocycles. The summed E-state index contributed by atoms with van der Waals surface area (Å²) in [6, 6.07) is 38.8. The molecule has 0 bridgehead atoms. The van der Waals surface area contributed by atoms with Gasteiger partial charge in [0.1, 0.15) is 0 Å². The Hall–Kier alpha value is -3.12. The summed E-state index contributed by atoms with van der Waals surface area (Å²) in [7, 11) is 12.2. The van der Waals surface area contributed by atoms with Gasteiger partial charge in [-0.2, -0.15) is 0 Å². The fraction of sp³-hybridized carbons (Fsp3) is 0.317. The third-order valence-electron chi connectivity index (χ3n) is 23.8. The van der Waals surface area contributed by atoms with Crippen molar-refractivity contribution in [1.29, 1.82) is 0 Å². The molecule has 8 aliphatic carbocycles. The van der Waals surface area contributed by atoms with E-state index in [4.69, 9.17) is 0 Å². The molecule has 4 aromatic rings. The van der Waals surface area contributed by atoms with E-state index >= 15 is 0 Å². The molecule has 2 fully saturated rings.